The van der Waals surface area contributed by atoms with E-state index in [1.165, 1.54) is 0 Å². The van der Waals surface area contributed by atoms with Gasteiger partial charge in [0.15, 0.2) is 0 Å². The van der Waals surface area contributed by atoms with Crippen molar-refractivity contribution in [2.24, 2.45) is 0 Å². The van der Waals surface area contributed by atoms with Crippen molar-refractivity contribution in [3.8, 4) is 0 Å². The highest BCUT2D eigenvalue weighted by atomic mass is 79.9. The first-order valence-corrected chi connectivity index (χ1v) is 7.35. The van der Waals surface area contributed by atoms with Crippen molar-refractivity contribution in [2.45, 2.75) is 19.4 Å². The van der Waals surface area contributed by atoms with Crippen molar-refractivity contribution in [3.05, 3.63) is 32.7 Å². The number of benzene rings is 1. The van der Waals surface area contributed by atoms with Gasteiger partial charge in [-0.05, 0) is 48.0 Å². The molecule has 0 aromatic heterocycles. The minimum atomic E-state index is -0.262. The summed E-state index contributed by atoms with van der Waals surface area (Å²) < 4.78 is 7.20. The molecule has 0 atom stereocenters. The van der Waals surface area contributed by atoms with E-state index in [4.69, 9.17) is 4.74 Å². The fraction of sp³-hybridized carbons (Fsp3) is 0.462. The molecule has 1 aliphatic heterocycles. The van der Waals surface area contributed by atoms with E-state index in [-0.39, 0.29) is 11.4 Å². The van der Waals surface area contributed by atoms with E-state index in [1.54, 1.807) is 0 Å². The molecule has 1 aliphatic rings. The van der Waals surface area contributed by atoms with Crippen LogP contribution in [0.5, 0.6) is 0 Å². The highest BCUT2D eigenvalue weighted by molar-refractivity contribution is 9.11. The molecular formula is C13H15Br2NO2. The fourth-order valence-corrected chi connectivity index (χ4v) is 3.26. The monoisotopic (exact) mass is 375 g/mol. The first-order chi connectivity index (χ1) is 8.42. The molecule has 5 heteroatoms. The third-order valence-corrected chi connectivity index (χ3v) is 4.20. The normalized spacial score (nSPS) is 18.8. The van der Waals surface area contributed by atoms with Gasteiger partial charge in [0.2, 0.25) is 0 Å². The Morgan fingerprint density at radius 2 is 2.11 bits per heavy atom. The molecule has 3 nitrogen and oxygen atoms in total. The van der Waals surface area contributed by atoms with Gasteiger partial charge in [-0.2, -0.15) is 0 Å². The number of hydrogen-bond acceptors (Lipinski definition) is 2. The van der Waals surface area contributed by atoms with Gasteiger partial charge in [-0.1, -0.05) is 15.9 Å². The Balaban J connectivity index is 2.30. The topological polar surface area (TPSA) is 29.5 Å². The zero-order valence-corrected chi connectivity index (χ0v) is 13.5. The van der Waals surface area contributed by atoms with E-state index in [0.29, 0.717) is 25.3 Å². The summed E-state index contributed by atoms with van der Waals surface area (Å²) in [5.74, 6) is 0.0441. The second-order valence-electron chi connectivity index (χ2n) is 4.95. The predicted molar refractivity (Wildman–Crippen MR) is 77.8 cm³/mol. The van der Waals surface area contributed by atoms with E-state index >= 15 is 0 Å². The summed E-state index contributed by atoms with van der Waals surface area (Å²) in [6.07, 6.45) is 0. The maximum atomic E-state index is 12.6. The zero-order valence-electron chi connectivity index (χ0n) is 10.4. The molecule has 1 fully saturated rings. The van der Waals surface area contributed by atoms with Crippen LogP contribution in [0.1, 0.15) is 24.2 Å². The van der Waals surface area contributed by atoms with Gasteiger partial charge in [-0.3, -0.25) is 4.79 Å². The average Bonchev–Trinajstić information content (AvgIpc) is 2.27. The van der Waals surface area contributed by atoms with E-state index in [0.717, 1.165) is 8.95 Å². The van der Waals surface area contributed by atoms with Gasteiger partial charge in [0, 0.05) is 15.5 Å². The maximum Gasteiger partial charge on any atom is 0.255 e. The standard InChI is InChI=1S/C13H15Br2NO2/c1-13(2)8-18-6-5-16(13)12(17)10-4-3-9(14)7-11(10)15/h3-4,7H,5-6,8H2,1-2H3. The average molecular weight is 377 g/mol. The molecule has 0 saturated carbocycles. The first kappa shape index (κ1) is 14.0. The molecule has 98 valence electrons. The molecule has 0 radical (unpaired) electrons. The predicted octanol–water partition coefficient (Wildman–Crippen LogP) is 3.46. The highest BCUT2D eigenvalue weighted by Gasteiger charge is 2.35. The fourth-order valence-electron chi connectivity index (χ4n) is 2.04. The van der Waals surface area contributed by atoms with Gasteiger partial charge in [0.05, 0.1) is 24.3 Å². The number of carbonyl (C=O) groups is 1. The summed E-state index contributed by atoms with van der Waals surface area (Å²) in [5, 5.41) is 0. The number of rotatable bonds is 1. The molecule has 1 aromatic carbocycles. The highest BCUT2D eigenvalue weighted by Crippen LogP contribution is 2.27. The molecule has 0 aliphatic carbocycles. The van der Waals surface area contributed by atoms with E-state index in [9.17, 15) is 4.79 Å². The third kappa shape index (κ3) is 2.78. The second kappa shape index (κ2) is 5.31. The SMILES string of the molecule is CC1(C)COCCN1C(=O)c1ccc(Br)cc1Br. The van der Waals surface area contributed by atoms with Gasteiger partial charge < -0.3 is 9.64 Å². The van der Waals surface area contributed by atoms with E-state index < -0.39 is 0 Å². The summed E-state index contributed by atoms with van der Waals surface area (Å²) in [5.41, 5.74) is 0.426. The Morgan fingerprint density at radius 3 is 2.72 bits per heavy atom. The number of halogens is 2. The largest absolute Gasteiger partial charge is 0.377 e. The van der Waals surface area contributed by atoms with Crippen LogP contribution >= 0.6 is 31.9 Å². The zero-order chi connectivity index (χ0) is 13.3. The Labute approximate surface area is 124 Å². The smallest absolute Gasteiger partial charge is 0.255 e. The van der Waals surface area contributed by atoms with Crippen molar-refractivity contribution in [2.75, 3.05) is 19.8 Å². The lowest BCUT2D eigenvalue weighted by Gasteiger charge is -2.42. The molecule has 1 saturated heterocycles. The van der Waals surface area contributed by atoms with Crippen molar-refractivity contribution >= 4 is 37.8 Å². The minimum absolute atomic E-state index is 0.0441. The Bertz CT molecular complexity index is 474. The lowest BCUT2D eigenvalue weighted by molar-refractivity contribution is -0.0371. The van der Waals surface area contributed by atoms with E-state index in [1.807, 2.05) is 36.9 Å². The molecule has 0 bridgehead atoms. The molecule has 0 N–H and O–H groups in total. The molecule has 0 unspecified atom stereocenters. The maximum absolute atomic E-state index is 12.6. The van der Waals surface area contributed by atoms with Crippen LogP contribution in [-0.2, 0) is 4.74 Å². The lowest BCUT2D eigenvalue weighted by atomic mass is 10.0. The number of carbonyl (C=O) groups excluding carboxylic acids is 1. The Hall–Kier alpha value is -0.390. The van der Waals surface area contributed by atoms with Gasteiger partial charge >= 0.3 is 0 Å². The number of hydrogen-bond donors (Lipinski definition) is 0. The van der Waals surface area contributed by atoms with Crippen LogP contribution < -0.4 is 0 Å². The lowest BCUT2D eigenvalue weighted by Crippen LogP contribution is -2.55. The van der Waals surface area contributed by atoms with Crippen LogP contribution in [0.15, 0.2) is 27.1 Å². The van der Waals surface area contributed by atoms with Crippen molar-refractivity contribution in [3.63, 3.8) is 0 Å². The van der Waals surface area contributed by atoms with Crippen LogP contribution in [-0.4, -0.2) is 36.1 Å². The molecule has 1 heterocycles. The van der Waals surface area contributed by atoms with Gasteiger partial charge in [-0.25, -0.2) is 0 Å². The van der Waals surface area contributed by atoms with Crippen molar-refractivity contribution in [1.82, 2.24) is 4.90 Å². The molecule has 1 aromatic rings. The van der Waals surface area contributed by atoms with Gasteiger partial charge in [-0.15, -0.1) is 0 Å². The molecular weight excluding hydrogens is 362 g/mol. The summed E-state index contributed by atoms with van der Waals surface area (Å²) in [4.78, 5) is 14.5. The van der Waals surface area contributed by atoms with Gasteiger partial charge in [0.1, 0.15) is 0 Å². The Morgan fingerprint density at radius 1 is 1.39 bits per heavy atom. The second-order valence-corrected chi connectivity index (χ2v) is 6.72. The summed E-state index contributed by atoms with van der Waals surface area (Å²) >= 11 is 6.83. The number of nitrogens with zero attached hydrogens (tertiary/aromatic N) is 1. The van der Waals surface area contributed by atoms with Crippen LogP contribution in [0.3, 0.4) is 0 Å². The number of amides is 1. The number of morpholine rings is 1. The summed E-state index contributed by atoms with van der Waals surface area (Å²) in [6, 6.07) is 5.61. The summed E-state index contributed by atoms with van der Waals surface area (Å²) in [6.45, 7) is 5.86. The quantitative estimate of drug-likeness (QED) is 0.751. The molecule has 0 spiro atoms. The van der Waals surface area contributed by atoms with Crippen LogP contribution in [0.4, 0.5) is 0 Å². The number of ether oxygens (including phenoxy) is 1. The first-order valence-electron chi connectivity index (χ1n) is 5.76. The van der Waals surface area contributed by atoms with Crippen molar-refractivity contribution in [1.29, 1.82) is 0 Å². The van der Waals surface area contributed by atoms with E-state index in [2.05, 4.69) is 31.9 Å². The van der Waals surface area contributed by atoms with Gasteiger partial charge in [0.25, 0.3) is 5.91 Å². The van der Waals surface area contributed by atoms with Crippen LogP contribution in [0.25, 0.3) is 0 Å². The molecule has 1 amide bonds. The van der Waals surface area contributed by atoms with Crippen molar-refractivity contribution < 1.29 is 9.53 Å². The minimum Gasteiger partial charge on any atom is -0.377 e. The molecule has 2 rings (SSSR count). The van der Waals surface area contributed by atoms with Crippen LogP contribution in [0, 0.1) is 0 Å². The molecule has 18 heavy (non-hydrogen) atoms. The Kier molecular flexibility index (Phi) is 4.14. The third-order valence-electron chi connectivity index (χ3n) is 3.05. The van der Waals surface area contributed by atoms with Crippen LogP contribution in [0.2, 0.25) is 0 Å². The summed E-state index contributed by atoms with van der Waals surface area (Å²) in [7, 11) is 0.